The third-order valence-corrected chi connectivity index (χ3v) is 4.73. The molecule has 6 heteroatoms. The van der Waals surface area contributed by atoms with Crippen molar-refractivity contribution in [1.29, 1.82) is 0 Å². The van der Waals surface area contributed by atoms with Crippen molar-refractivity contribution < 1.29 is 29.2 Å². The van der Waals surface area contributed by atoms with Gasteiger partial charge in [-0.1, -0.05) is 49.8 Å². The van der Waals surface area contributed by atoms with Gasteiger partial charge >= 0.3 is 0 Å². The van der Waals surface area contributed by atoms with Gasteiger partial charge in [0.1, 0.15) is 24.4 Å². The summed E-state index contributed by atoms with van der Waals surface area (Å²) >= 11 is 0. The average molecular weight is 362 g/mol. The fourth-order valence-corrected chi connectivity index (χ4v) is 3.31. The van der Waals surface area contributed by atoms with Gasteiger partial charge in [0.05, 0.1) is 12.7 Å². The van der Waals surface area contributed by atoms with Crippen molar-refractivity contribution in [2.45, 2.75) is 63.0 Å². The molecule has 2 heterocycles. The Morgan fingerprint density at radius 2 is 1.96 bits per heavy atom. The lowest BCUT2D eigenvalue weighted by atomic mass is 9.91. The van der Waals surface area contributed by atoms with E-state index in [0.29, 0.717) is 0 Å². The zero-order valence-corrected chi connectivity index (χ0v) is 14.9. The van der Waals surface area contributed by atoms with Crippen LogP contribution in [0.5, 0.6) is 0 Å². The molecular weight excluding hydrogens is 336 g/mol. The summed E-state index contributed by atoms with van der Waals surface area (Å²) in [4.78, 5) is 12.2. The largest absolute Gasteiger partial charge is 0.388 e. The molecule has 0 amide bonds. The van der Waals surface area contributed by atoms with E-state index in [1.54, 1.807) is 6.08 Å². The van der Waals surface area contributed by atoms with Gasteiger partial charge in [-0.15, -0.1) is 0 Å². The Morgan fingerprint density at radius 3 is 2.69 bits per heavy atom. The van der Waals surface area contributed by atoms with E-state index >= 15 is 0 Å². The smallest absolute Gasteiger partial charge is 0.158 e. The SMILES string of the molecule is CCCC1OC[C@H]2O[C@@H](CC(=O)/C=C/c3ccccc3)[C@H](O)[C@@H](O)[C@@H]2O1. The lowest BCUT2D eigenvalue weighted by Gasteiger charge is -2.46. The molecule has 2 saturated heterocycles. The lowest BCUT2D eigenvalue weighted by Crippen LogP contribution is -2.62. The van der Waals surface area contributed by atoms with Crippen LogP contribution in [0.3, 0.4) is 0 Å². The molecule has 26 heavy (non-hydrogen) atoms. The standard InChI is InChI=1S/C20H26O6/c1-2-6-17-24-12-16-20(26-17)19(23)18(22)15(25-16)11-14(21)10-9-13-7-4-3-5-8-13/h3-5,7-10,15-20,22-23H,2,6,11-12H2,1H3/b10-9+/t15-,16+,17?,18-,19+,20+/m0/s1. The van der Waals surface area contributed by atoms with Crippen LogP contribution in [0.2, 0.25) is 0 Å². The van der Waals surface area contributed by atoms with E-state index in [9.17, 15) is 15.0 Å². The molecule has 142 valence electrons. The quantitative estimate of drug-likeness (QED) is 0.749. The number of aliphatic hydroxyl groups excluding tert-OH is 2. The molecule has 2 N–H and O–H groups in total. The number of carbonyl (C=O) groups is 1. The van der Waals surface area contributed by atoms with Crippen LogP contribution in [0.15, 0.2) is 36.4 Å². The predicted molar refractivity (Wildman–Crippen MR) is 95.3 cm³/mol. The van der Waals surface area contributed by atoms with Gasteiger partial charge in [-0.3, -0.25) is 4.79 Å². The van der Waals surface area contributed by atoms with Crippen molar-refractivity contribution in [3.8, 4) is 0 Å². The van der Waals surface area contributed by atoms with Crippen LogP contribution in [0, 0.1) is 0 Å². The third kappa shape index (κ3) is 4.58. The molecular formula is C20H26O6. The highest BCUT2D eigenvalue weighted by Gasteiger charge is 2.48. The van der Waals surface area contributed by atoms with Gasteiger partial charge in [-0.2, -0.15) is 0 Å². The summed E-state index contributed by atoms with van der Waals surface area (Å²) in [5, 5.41) is 20.8. The summed E-state index contributed by atoms with van der Waals surface area (Å²) in [5.74, 6) is -0.176. The predicted octanol–water partition coefficient (Wildman–Crippen LogP) is 1.69. The van der Waals surface area contributed by atoms with E-state index in [1.165, 1.54) is 6.08 Å². The average Bonchev–Trinajstić information content (AvgIpc) is 2.66. The molecule has 1 unspecified atom stereocenters. The van der Waals surface area contributed by atoms with Crippen LogP contribution in [0.1, 0.15) is 31.7 Å². The summed E-state index contributed by atoms with van der Waals surface area (Å²) in [5.41, 5.74) is 0.919. The van der Waals surface area contributed by atoms with Gasteiger partial charge < -0.3 is 24.4 Å². The van der Waals surface area contributed by atoms with Crippen LogP contribution in [0.4, 0.5) is 0 Å². The fraction of sp³-hybridized carbons (Fsp3) is 0.550. The van der Waals surface area contributed by atoms with Crippen molar-refractivity contribution in [1.82, 2.24) is 0 Å². The minimum atomic E-state index is -1.18. The molecule has 0 aromatic heterocycles. The number of rotatable bonds is 6. The number of ketones is 1. The summed E-state index contributed by atoms with van der Waals surface area (Å²) in [6.07, 6.45) is 0.215. The molecule has 0 saturated carbocycles. The van der Waals surface area contributed by atoms with E-state index < -0.39 is 36.8 Å². The fourth-order valence-electron chi connectivity index (χ4n) is 3.31. The second-order valence-corrected chi connectivity index (χ2v) is 6.76. The van der Waals surface area contributed by atoms with Gasteiger partial charge in [0, 0.05) is 6.42 Å². The summed E-state index contributed by atoms with van der Waals surface area (Å²) in [6.45, 7) is 2.30. The molecule has 2 aliphatic rings. The van der Waals surface area contributed by atoms with Gasteiger partial charge in [0.25, 0.3) is 0 Å². The van der Waals surface area contributed by atoms with Gasteiger partial charge in [0.2, 0.25) is 0 Å². The van der Waals surface area contributed by atoms with E-state index in [2.05, 4.69) is 0 Å². The summed E-state index contributed by atoms with van der Waals surface area (Å²) in [6, 6.07) is 9.48. The minimum absolute atomic E-state index is 0.0107. The molecule has 0 bridgehead atoms. The molecule has 2 fully saturated rings. The highest BCUT2D eigenvalue weighted by atomic mass is 16.7. The summed E-state index contributed by atoms with van der Waals surface area (Å²) in [7, 11) is 0. The van der Waals surface area contributed by atoms with Crippen LogP contribution in [-0.4, -0.2) is 59.4 Å². The Hall–Kier alpha value is -1.57. The monoisotopic (exact) mass is 362 g/mol. The Kier molecular flexibility index (Phi) is 6.56. The minimum Gasteiger partial charge on any atom is -0.388 e. The first-order valence-corrected chi connectivity index (χ1v) is 9.13. The van der Waals surface area contributed by atoms with Crippen molar-refractivity contribution in [3.05, 3.63) is 42.0 Å². The maximum absolute atomic E-state index is 12.2. The number of carbonyl (C=O) groups excluding carboxylic acids is 1. The molecule has 1 aromatic rings. The maximum Gasteiger partial charge on any atom is 0.158 e. The normalized spacial score (nSPS) is 34.6. The first kappa shape index (κ1) is 19.2. The Bertz CT molecular complexity index is 614. The van der Waals surface area contributed by atoms with Crippen LogP contribution >= 0.6 is 0 Å². The van der Waals surface area contributed by atoms with E-state index in [1.807, 2.05) is 37.3 Å². The molecule has 6 atom stereocenters. The Balaban J connectivity index is 1.58. The second kappa shape index (κ2) is 8.88. The number of hydrogen-bond acceptors (Lipinski definition) is 6. The molecule has 2 aliphatic heterocycles. The van der Waals surface area contributed by atoms with Crippen LogP contribution in [-0.2, 0) is 19.0 Å². The Morgan fingerprint density at radius 1 is 1.19 bits per heavy atom. The molecule has 0 spiro atoms. The molecule has 3 rings (SSSR count). The number of aliphatic hydroxyl groups is 2. The van der Waals surface area contributed by atoms with Crippen molar-refractivity contribution >= 4 is 11.9 Å². The van der Waals surface area contributed by atoms with Crippen molar-refractivity contribution in [2.75, 3.05) is 6.61 Å². The second-order valence-electron chi connectivity index (χ2n) is 6.76. The maximum atomic E-state index is 12.2. The molecule has 0 aliphatic carbocycles. The number of ether oxygens (including phenoxy) is 3. The van der Waals surface area contributed by atoms with Crippen molar-refractivity contribution in [2.24, 2.45) is 0 Å². The highest BCUT2D eigenvalue weighted by molar-refractivity contribution is 5.93. The van der Waals surface area contributed by atoms with Gasteiger partial charge in [-0.25, -0.2) is 0 Å². The first-order chi connectivity index (χ1) is 12.6. The molecule has 0 radical (unpaired) electrons. The number of hydrogen-bond donors (Lipinski definition) is 2. The summed E-state index contributed by atoms with van der Waals surface area (Å²) < 4.78 is 17.1. The molecule has 1 aromatic carbocycles. The van der Waals surface area contributed by atoms with Crippen molar-refractivity contribution in [3.63, 3.8) is 0 Å². The lowest BCUT2D eigenvalue weighted by molar-refractivity contribution is -0.325. The number of allylic oxidation sites excluding steroid dienone is 1. The zero-order chi connectivity index (χ0) is 18.5. The third-order valence-electron chi connectivity index (χ3n) is 4.73. The van der Waals surface area contributed by atoms with Crippen LogP contribution in [0.25, 0.3) is 6.08 Å². The van der Waals surface area contributed by atoms with E-state index in [-0.39, 0.29) is 18.8 Å². The van der Waals surface area contributed by atoms with Gasteiger partial charge in [-0.05, 0) is 18.1 Å². The Labute approximate surface area is 153 Å². The number of benzene rings is 1. The van der Waals surface area contributed by atoms with Crippen LogP contribution < -0.4 is 0 Å². The van der Waals surface area contributed by atoms with E-state index in [4.69, 9.17) is 14.2 Å². The first-order valence-electron chi connectivity index (χ1n) is 9.13. The van der Waals surface area contributed by atoms with Gasteiger partial charge in [0.15, 0.2) is 12.1 Å². The topological polar surface area (TPSA) is 85.2 Å². The zero-order valence-electron chi connectivity index (χ0n) is 14.9. The van der Waals surface area contributed by atoms with E-state index in [0.717, 1.165) is 18.4 Å². The molecule has 6 nitrogen and oxygen atoms in total. The highest BCUT2D eigenvalue weighted by Crippen LogP contribution is 2.30. The number of fused-ring (bicyclic) bond motifs is 1.